The minimum atomic E-state index is -0.389. The molecule has 0 saturated heterocycles. The maximum absolute atomic E-state index is 12.5. The second-order valence-electron chi connectivity index (χ2n) is 5.36. The van der Waals surface area contributed by atoms with E-state index in [1.165, 1.54) is 0 Å². The number of nitrogens with zero attached hydrogens (tertiary/aromatic N) is 2. The Morgan fingerprint density at radius 3 is 2.60 bits per heavy atom. The lowest BCUT2D eigenvalue weighted by atomic mass is 9.95. The number of rotatable bonds is 6. The van der Waals surface area contributed by atoms with Gasteiger partial charge in [0, 0.05) is 12.2 Å². The molecule has 0 saturated carbocycles. The zero-order chi connectivity index (χ0) is 18.4. The number of nitriles is 1. The number of thiocarbonyl (C=S) groups is 1. The Morgan fingerprint density at radius 2 is 2.04 bits per heavy atom. The number of nitrogens with one attached hydrogen (secondary N) is 1. The van der Waals surface area contributed by atoms with Crippen molar-refractivity contribution in [2.24, 2.45) is 0 Å². The van der Waals surface area contributed by atoms with Gasteiger partial charge in [0.15, 0.2) is 11.7 Å². The quantitative estimate of drug-likeness (QED) is 0.618. The first-order valence-electron chi connectivity index (χ1n) is 8.09. The molecule has 0 radical (unpaired) electrons. The molecule has 0 amide bonds. The predicted octanol–water partition coefficient (Wildman–Crippen LogP) is 2.68. The molecule has 0 spiro atoms. The second kappa shape index (κ2) is 8.49. The van der Waals surface area contributed by atoms with E-state index in [4.69, 9.17) is 27.0 Å². The summed E-state index contributed by atoms with van der Waals surface area (Å²) in [5.41, 5.74) is 2.20. The Balaban J connectivity index is 2.39. The molecule has 1 aromatic carbocycles. The third kappa shape index (κ3) is 4.09. The van der Waals surface area contributed by atoms with E-state index < -0.39 is 0 Å². The van der Waals surface area contributed by atoms with Gasteiger partial charge in [0.05, 0.1) is 18.2 Å². The normalized spacial score (nSPS) is 17.0. The van der Waals surface area contributed by atoms with Crippen LogP contribution in [0.25, 0.3) is 0 Å². The summed E-state index contributed by atoms with van der Waals surface area (Å²) in [6.07, 6.45) is 0. The van der Waals surface area contributed by atoms with Crippen LogP contribution in [0.2, 0.25) is 0 Å². The Hall–Kier alpha value is -2.59. The van der Waals surface area contributed by atoms with Crippen LogP contribution in [0.5, 0.6) is 5.75 Å². The lowest BCUT2D eigenvalue weighted by Gasteiger charge is -2.37. The number of allylic oxidation sites excluding steroid dienone is 1. The van der Waals surface area contributed by atoms with Crippen LogP contribution in [0.1, 0.15) is 32.4 Å². The monoisotopic (exact) mass is 359 g/mol. The Labute approximate surface area is 153 Å². The first-order chi connectivity index (χ1) is 12.0. The van der Waals surface area contributed by atoms with Gasteiger partial charge in [-0.3, -0.25) is 0 Å². The van der Waals surface area contributed by atoms with E-state index in [1.54, 1.807) is 19.1 Å². The number of esters is 1. The zero-order valence-corrected chi connectivity index (χ0v) is 15.4. The van der Waals surface area contributed by atoms with Gasteiger partial charge in [0.25, 0.3) is 0 Å². The molecule has 0 unspecified atom stereocenters. The lowest BCUT2D eigenvalue weighted by molar-refractivity contribution is -0.139. The maximum atomic E-state index is 12.5. The highest BCUT2D eigenvalue weighted by Crippen LogP contribution is 2.32. The van der Waals surface area contributed by atoms with Crippen molar-refractivity contribution in [1.29, 1.82) is 5.26 Å². The number of ether oxygens (including phenoxy) is 2. The van der Waals surface area contributed by atoms with Gasteiger partial charge in [-0.1, -0.05) is 12.1 Å². The molecular weight excluding hydrogens is 338 g/mol. The summed E-state index contributed by atoms with van der Waals surface area (Å²) in [7, 11) is 0. The summed E-state index contributed by atoms with van der Waals surface area (Å²) >= 11 is 5.44. The number of hydrogen-bond donors (Lipinski definition) is 1. The van der Waals surface area contributed by atoms with Crippen LogP contribution in [-0.4, -0.2) is 35.7 Å². The van der Waals surface area contributed by atoms with Crippen molar-refractivity contribution in [2.45, 2.75) is 26.8 Å². The minimum absolute atomic E-state index is 0.0103. The first-order valence-corrected chi connectivity index (χ1v) is 8.49. The van der Waals surface area contributed by atoms with Crippen molar-refractivity contribution in [1.82, 2.24) is 10.2 Å². The molecule has 0 fully saturated rings. The minimum Gasteiger partial charge on any atom is -0.479 e. The molecule has 1 aromatic rings. The van der Waals surface area contributed by atoms with Gasteiger partial charge < -0.3 is 19.7 Å². The summed E-state index contributed by atoms with van der Waals surface area (Å²) in [6.45, 7) is 6.59. The third-order valence-corrected chi connectivity index (χ3v) is 4.26. The highest BCUT2D eigenvalue weighted by atomic mass is 32.1. The fraction of sp³-hybridized carbons (Fsp3) is 0.389. The van der Waals surface area contributed by atoms with Crippen LogP contribution in [0.15, 0.2) is 35.5 Å². The van der Waals surface area contributed by atoms with Crippen LogP contribution in [-0.2, 0) is 9.53 Å². The van der Waals surface area contributed by atoms with E-state index in [0.717, 1.165) is 11.3 Å². The van der Waals surface area contributed by atoms with Gasteiger partial charge >= 0.3 is 5.97 Å². The number of hydrogen-bond acceptors (Lipinski definition) is 5. The van der Waals surface area contributed by atoms with Gasteiger partial charge in [-0.2, -0.15) is 5.26 Å². The van der Waals surface area contributed by atoms with Gasteiger partial charge in [0.1, 0.15) is 11.8 Å². The SMILES string of the molecule is CCOC(=O)C1=C(C)N(CC)C(=S)N[C@H]1c1ccc(OCC#N)cc1. The van der Waals surface area contributed by atoms with E-state index in [9.17, 15) is 4.79 Å². The second-order valence-corrected chi connectivity index (χ2v) is 5.75. The highest BCUT2D eigenvalue weighted by molar-refractivity contribution is 7.80. The van der Waals surface area contributed by atoms with Crippen LogP contribution in [0.4, 0.5) is 0 Å². The lowest BCUT2D eigenvalue weighted by Crippen LogP contribution is -2.47. The molecular formula is C18H21N3O3S. The van der Waals surface area contributed by atoms with Crippen molar-refractivity contribution in [3.05, 3.63) is 41.1 Å². The summed E-state index contributed by atoms with van der Waals surface area (Å²) in [6, 6.07) is 8.77. The largest absolute Gasteiger partial charge is 0.479 e. The van der Waals surface area contributed by atoms with Crippen LogP contribution in [0, 0.1) is 11.3 Å². The fourth-order valence-electron chi connectivity index (χ4n) is 2.76. The smallest absolute Gasteiger partial charge is 0.338 e. The molecule has 2 rings (SSSR count). The highest BCUT2D eigenvalue weighted by Gasteiger charge is 2.34. The molecule has 7 heteroatoms. The average Bonchev–Trinajstić information content (AvgIpc) is 2.60. The van der Waals surface area contributed by atoms with Gasteiger partial charge in [-0.05, 0) is 50.7 Å². The van der Waals surface area contributed by atoms with Crippen molar-refractivity contribution in [2.75, 3.05) is 19.8 Å². The molecule has 0 aromatic heterocycles. The van der Waals surface area contributed by atoms with Crippen molar-refractivity contribution in [3.63, 3.8) is 0 Å². The van der Waals surface area contributed by atoms with Crippen molar-refractivity contribution < 1.29 is 14.3 Å². The van der Waals surface area contributed by atoms with E-state index in [1.807, 2.05) is 36.9 Å². The van der Waals surface area contributed by atoms with Crippen molar-refractivity contribution >= 4 is 23.3 Å². The number of benzene rings is 1. The van der Waals surface area contributed by atoms with E-state index in [-0.39, 0.29) is 18.6 Å². The maximum Gasteiger partial charge on any atom is 0.338 e. The van der Waals surface area contributed by atoms with Gasteiger partial charge in [-0.25, -0.2) is 4.79 Å². The molecule has 1 heterocycles. The topological polar surface area (TPSA) is 74.6 Å². The van der Waals surface area contributed by atoms with Gasteiger partial charge in [-0.15, -0.1) is 0 Å². The molecule has 25 heavy (non-hydrogen) atoms. The zero-order valence-electron chi connectivity index (χ0n) is 14.5. The van der Waals surface area contributed by atoms with Crippen LogP contribution >= 0.6 is 12.2 Å². The first kappa shape index (κ1) is 18.7. The van der Waals surface area contributed by atoms with Crippen molar-refractivity contribution in [3.8, 4) is 11.8 Å². The van der Waals surface area contributed by atoms with E-state index in [2.05, 4.69) is 5.32 Å². The molecule has 132 valence electrons. The molecule has 1 N–H and O–H groups in total. The molecule has 0 bridgehead atoms. The summed E-state index contributed by atoms with van der Waals surface area (Å²) in [5.74, 6) is 0.237. The molecule has 6 nitrogen and oxygen atoms in total. The Morgan fingerprint density at radius 1 is 1.36 bits per heavy atom. The van der Waals surface area contributed by atoms with Crippen LogP contribution in [0.3, 0.4) is 0 Å². The summed E-state index contributed by atoms with van der Waals surface area (Å²) < 4.78 is 10.5. The molecule has 1 aliphatic rings. The number of carbonyl (C=O) groups excluding carboxylic acids is 1. The van der Waals surface area contributed by atoms with Gasteiger partial charge in [0.2, 0.25) is 0 Å². The molecule has 0 aliphatic carbocycles. The summed E-state index contributed by atoms with van der Waals surface area (Å²) in [5, 5.41) is 12.4. The number of carbonyl (C=O) groups is 1. The Kier molecular flexibility index (Phi) is 6.37. The standard InChI is InChI=1S/C18H21N3O3S/c1-4-21-12(3)15(17(22)23-5-2)16(20-18(21)25)13-6-8-14(9-7-13)24-11-10-19/h6-9,16H,4-5,11H2,1-3H3,(H,20,25)/t16-/m0/s1. The summed E-state index contributed by atoms with van der Waals surface area (Å²) in [4.78, 5) is 14.4. The average molecular weight is 359 g/mol. The third-order valence-electron chi connectivity index (χ3n) is 3.92. The predicted molar refractivity (Wildman–Crippen MR) is 97.7 cm³/mol. The van der Waals surface area contributed by atoms with E-state index >= 15 is 0 Å². The molecule has 1 aliphatic heterocycles. The molecule has 1 atom stereocenters. The fourth-order valence-corrected chi connectivity index (χ4v) is 3.14. The van der Waals surface area contributed by atoms with Crippen LogP contribution < -0.4 is 10.1 Å². The Bertz CT molecular complexity index is 722. The van der Waals surface area contributed by atoms with E-state index in [0.29, 0.717) is 29.6 Å².